The maximum absolute atomic E-state index is 12.7. The molecule has 0 heterocycles. The smallest absolute Gasteiger partial charge is 0.457 e. The maximum atomic E-state index is 12.7. The molecule has 0 fully saturated rings. The van der Waals surface area contributed by atoms with Crippen molar-refractivity contribution >= 4 is 13.8 Å². The number of nitrogens with zero attached hydrogens (tertiary/aromatic N) is 1. The average Bonchev–Trinajstić information content (AvgIpc) is 3.27. The predicted molar refractivity (Wildman–Crippen MR) is 279 cm³/mol. The van der Waals surface area contributed by atoms with E-state index in [0.29, 0.717) is 24.1 Å². The summed E-state index contributed by atoms with van der Waals surface area (Å²) in [4.78, 5) is 23.0. The number of rotatable bonds is 50. The van der Waals surface area contributed by atoms with Crippen molar-refractivity contribution in [3.8, 4) is 0 Å². The van der Waals surface area contributed by atoms with Crippen molar-refractivity contribution in [2.75, 3.05) is 54.1 Å². The van der Waals surface area contributed by atoms with Gasteiger partial charge in [-0.05, 0) is 51.4 Å². The third-order valence-electron chi connectivity index (χ3n) is 11.6. The fourth-order valence-electron chi connectivity index (χ4n) is 7.47. The molecule has 65 heavy (non-hydrogen) atoms. The van der Waals surface area contributed by atoms with Crippen LogP contribution in [0.25, 0.3) is 0 Å². The van der Waals surface area contributed by atoms with Crippen molar-refractivity contribution in [3.63, 3.8) is 0 Å². The third kappa shape index (κ3) is 53.0. The first-order valence-electron chi connectivity index (χ1n) is 27.0. The fraction of sp³-hybridized carbons (Fsp3) is 0.804. The number of carbonyl (C=O) groups is 1. The first kappa shape index (κ1) is 63.2. The zero-order valence-corrected chi connectivity index (χ0v) is 44.1. The topological polar surface area (TPSA) is 91.3 Å². The van der Waals surface area contributed by atoms with Gasteiger partial charge in [-0.1, -0.05) is 235 Å². The summed E-state index contributed by atoms with van der Waals surface area (Å²) in [6, 6.07) is 0. The lowest BCUT2D eigenvalue weighted by molar-refractivity contribution is -0.870. The van der Waals surface area contributed by atoms with Crippen LogP contribution in [0, 0.1) is 0 Å². The van der Waals surface area contributed by atoms with E-state index in [-0.39, 0.29) is 32.2 Å². The lowest BCUT2D eigenvalue weighted by atomic mass is 10.0. The first-order valence-corrected chi connectivity index (χ1v) is 28.5. The molecule has 0 saturated carbocycles. The van der Waals surface area contributed by atoms with Gasteiger partial charge in [0.2, 0.25) is 0 Å². The van der Waals surface area contributed by atoms with E-state index in [1.165, 1.54) is 154 Å². The summed E-state index contributed by atoms with van der Waals surface area (Å²) in [6.45, 7) is 5.46. The van der Waals surface area contributed by atoms with E-state index < -0.39 is 13.9 Å². The molecule has 8 nitrogen and oxygen atoms in total. The van der Waals surface area contributed by atoms with Gasteiger partial charge in [0.1, 0.15) is 19.3 Å². The van der Waals surface area contributed by atoms with E-state index in [1.54, 1.807) is 0 Å². The molecule has 380 valence electrons. The standard InChI is InChI=1S/C56H104NO7P/c1-6-8-10-12-14-16-18-20-22-24-25-26-27-28-29-30-31-32-34-36-38-40-42-44-46-48-51-61-53-55(54-63-65(59,60)62-52-50-57(3,4)5)64-56(58)49-47-45-43-41-39-37-35-33-23-21-19-17-15-13-11-9-7-2/h9,11,15,17,21,23,35,37,41,43,55H,6-8,10,12-14,16,18-20,22,24-34,36,38-40,42,44-54H2,1-5H3/p+1/b11-9-,17-15-,23-21-,37-35-,43-41-. The van der Waals surface area contributed by atoms with Crippen molar-refractivity contribution in [3.05, 3.63) is 60.8 Å². The van der Waals surface area contributed by atoms with Crippen LogP contribution in [0.15, 0.2) is 60.8 Å². The van der Waals surface area contributed by atoms with E-state index in [4.69, 9.17) is 18.5 Å². The molecule has 0 amide bonds. The van der Waals surface area contributed by atoms with E-state index in [0.717, 1.165) is 51.4 Å². The highest BCUT2D eigenvalue weighted by Gasteiger charge is 2.26. The monoisotopic (exact) mass is 935 g/mol. The van der Waals surface area contributed by atoms with Gasteiger partial charge in [0.05, 0.1) is 34.4 Å². The number of hydrogen-bond acceptors (Lipinski definition) is 6. The molecule has 0 bridgehead atoms. The van der Waals surface area contributed by atoms with Crippen molar-refractivity contribution < 1.29 is 37.3 Å². The largest absolute Gasteiger partial charge is 0.472 e. The SMILES string of the molecule is CC/C=C\C/C=C\C/C=C\C/C=C\C/C=C\CCCC(=O)OC(COCCCCCCCCCCCCCCCCCCCCCCCCCCCC)COP(=O)(O)OCC[N+](C)(C)C. The van der Waals surface area contributed by atoms with Crippen LogP contribution in [0.5, 0.6) is 0 Å². The molecule has 0 aromatic carbocycles. The van der Waals surface area contributed by atoms with Crippen molar-refractivity contribution in [1.82, 2.24) is 0 Å². The summed E-state index contributed by atoms with van der Waals surface area (Å²) in [5.74, 6) is -0.367. The Morgan fingerprint density at radius 2 is 0.877 bits per heavy atom. The number of esters is 1. The average molecular weight is 935 g/mol. The minimum Gasteiger partial charge on any atom is -0.457 e. The minimum absolute atomic E-state index is 0.0770. The quantitative estimate of drug-likeness (QED) is 0.0214. The molecular formula is C56H105NO7P+. The molecular weight excluding hydrogens is 830 g/mol. The van der Waals surface area contributed by atoms with Crippen LogP contribution in [-0.2, 0) is 27.9 Å². The molecule has 2 unspecified atom stereocenters. The van der Waals surface area contributed by atoms with Crippen LogP contribution in [0.4, 0.5) is 0 Å². The Kier molecular flexibility index (Phi) is 47.3. The molecule has 0 aromatic rings. The van der Waals surface area contributed by atoms with Crippen molar-refractivity contribution in [1.29, 1.82) is 0 Å². The maximum Gasteiger partial charge on any atom is 0.472 e. The first-order chi connectivity index (χ1) is 31.6. The van der Waals surface area contributed by atoms with E-state index in [2.05, 4.69) is 74.6 Å². The number of allylic oxidation sites excluding steroid dienone is 10. The summed E-state index contributed by atoms with van der Waals surface area (Å²) in [5, 5.41) is 0. The number of phosphoric acid groups is 1. The Hall–Kier alpha value is -1.80. The molecule has 2 atom stereocenters. The molecule has 9 heteroatoms. The van der Waals surface area contributed by atoms with Crippen LogP contribution in [-0.4, -0.2) is 75.6 Å². The van der Waals surface area contributed by atoms with E-state index >= 15 is 0 Å². The van der Waals surface area contributed by atoms with Gasteiger partial charge in [-0.2, -0.15) is 0 Å². The van der Waals surface area contributed by atoms with Crippen molar-refractivity contribution in [2.45, 2.75) is 238 Å². The number of hydrogen-bond donors (Lipinski definition) is 1. The van der Waals surface area contributed by atoms with Crippen LogP contribution in [0.3, 0.4) is 0 Å². The molecule has 0 aliphatic rings. The minimum atomic E-state index is -4.30. The lowest BCUT2D eigenvalue weighted by Crippen LogP contribution is -2.37. The number of ether oxygens (including phenoxy) is 2. The predicted octanol–water partition coefficient (Wildman–Crippen LogP) is 16.8. The van der Waals surface area contributed by atoms with Gasteiger partial charge in [0.25, 0.3) is 0 Å². The van der Waals surface area contributed by atoms with Gasteiger partial charge in [0.15, 0.2) is 0 Å². The summed E-state index contributed by atoms with van der Waals surface area (Å²) in [6.07, 6.45) is 63.0. The van der Waals surface area contributed by atoms with E-state index in [9.17, 15) is 14.3 Å². The summed E-state index contributed by atoms with van der Waals surface area (Å²) in [5.41, 5.74) is 0. The molecule has 1 N–H and O–H groups in total. The van der Waals surface area contributed by atoms with Gasteiger partial charge in [-0.15, -0.1) is 0 Å². The van der Waals surface area contributed by atoms with Crippen LogP contribution >= 0.6 is 7.82 Å². The number of phosphoric ester groups is 1. The van der Waals surface area contributed by atoms with Crippen LogP contribution in [0.2, 0.25) is 0 Å². The Bertz CT molecular complexity index is 1220. The Morgan fingerprint density at radius 1 is 0.492 bits per heavy atom. The van der Waals surface area contributed by atoms with Gasteiger partial charge in [0, 0.05) is 13.0 Å². The fourth-order valence-corrected chi connectivity index (χ4v) is 8.21. The van der Waals surface area contributed by atoms with E-state index in [1.807, 2.05) is 21.1 Å². The summed E-state index contributed by atoms with van der Waals surface area (Å²) >= 11 is 0. The van der Waals surface area contributed by atoms with Gasteiger partial charge >= 0.3 is 13.8 Å². The molecule has 0 aromatic heterocycles. The second kappa shape index (κ2) is 48.6. The number of carbonyl (C=O) groups excluding carboxylic acids is 1. The highest BCUT2D eigenvalue weighted by atomic mass is 31.2. The van der Waals surface area contributed by atoms with Gasteiger partial charge < -0.3 is 18.9 Å². The Labute approximate surface area is 402 Å². The highest BCUT2D eigenvalue weighted by Crippen LogP contribution is 2.43. The molecule has 0 aliphatic heterocycles. The molecule has 0 rings (SSSR count). The number of quaternary nitrogens is 1. The summed E-state index contributed by atoms with van der Waals surface area (Å²) in [7, 11) is 1.63. The Balaban J connectivity index is 4.10. The lowest BCUT2D eigenvalue weighted by Gasteiger charge is -2.24. The van der Waals surface area contributed by atoms with Crippen molar-refractivity contribution in [2.24, 2.45) is 0 Å². The van der Waals surface area contributed by atoms with Crippen LogP contribution < -0.4 is 0 Å². The van der Waals surface area contributed by atoms with Gasteiger partial charge in [-0.3, -0.25) is 13.8 Å². The Morgan fingerprint density at radius 3 is 1.28 bits per heavy atom. The zero-order valence-electron chi connectivity index (χ0n) is 43.2. The van der Waals surface area contributed by atoms with Gasteiger partial charge in [-0.25, -0.2) is 4.57 Å². The third-order valence-corrected chi connectivity index (χ3v) is 12.6. The molecule has 0 saturated heterocycles. The summed E-state index contributed by atoms with van der Waals surface area (Å²) < 4.78 is 35.1. The number of unbranched alkanes of at least 4 members (excludes halogenated alkanes) is 26. The number of likely N-dealkylation sites (N-methyl/N-ethyl adjacent to an activating group) is 1. The van der Waals surface area contributed by atoms with Crippen LogP contribution in [0.1, 0.15) is 232 Å². The second-order valence-electron chi connectivity index (χ2n) is 19.2. The molecule has 0 spiro atoms. The zero-order chi connectivity index (χ0) is 47.6. The highest BCUT2D eigenvalue weighted by molar-refractivity contribution is 7.47. The normalized spacial score (nSPS) is 14.0. The molecule has 0 radical (unpaired) electrons. The second-order valence-corrected chi connectivity index (χ2v) is 20.7. The molecule has 0 aliphatic carbocycles.